The van der Waals surface area contributed by atoms with Crippen molar-refractivity contribution in [3.05, 3.63) is 123 Å². The number of aliphatic hydroxyl groups is 1. The summed E-state index contributed by atoms with van der Waals surface area (Å²) in [5.41, 5.74) is 9.19. The Morgan fingerprint density at radius 2 is 1.62 bits per heavy atom. The lowest BCUT2D eigenvalue weighted by molar-refractivity contribution is -0.142. The number of ether oxygens (including phenoxy) is 1. The molecule has 15 nitrogen and oxygen atoms in total. The number of benzene rings is 2. The predicted octanol–water partition coefficient (Wildman–Crippen LogP) is 7.19. The Labute approximate surface area is 391 Å². The SMILES string of the molecule is COC(=O)C[C@@H]1N=C(c2ccc(-c3cncc(C(=O)N[C@H](C(=O)N4C[C@H](O)C[C@H]4C(=O)N[C@@H](C)c4ccc(-c5scnc5C)cc4)C(C)(C)C)c3)cc2)c2c(sc(C)c2C)-n2c(C)nnc21. The van der Waals surface area contributed by atoms with Crippen molar-refractivity contribution in [1.82, 2.24) is 40.3 Å². The van der Waals surface area contributed by atoms with E-state index in [2.05, 4.69) is 44.6 Å². The molecule has 5 atom stereocenters. The zero-order valence-corrected chi connectivity index (χ0v) is 40.0. The molecule has 2 aromatic carbocycles. The van der Waals surface area contributed by atoms with E-state index in [0.29, 0.717) is 22.9 Å². The third-order valence-corrected chi connectivity index (χ3v) is 14.5. The van der Waals surface area contributed by atoms with Crippen LogP contribution in [0.5, 0.6) is 0 Å². The summed E-state index contributed by atoms with van der Waals surface area (Å²) in [6, 6.07) is 14.5. The number of aliphatic imine (C=N–C) groups is 1. The average Bonchev–Trinajstić information content (AvgIpc) is 4.07. The van der Waals surface area contributed by atoms with Crippen molar-refractivity contribution in [1.29, 1.82) is 0 Å². The molecule has 8 rings (SSSR count). The van der Waals surface area contributed by atoms with Crippen LogP contribution in [-0.4, -0.2) is 96.0 Å². The highest BCUT2D eigenvalue weighted by molar-refractivity contribution is 7.15. The summed E-state index contributed by atoms with van der Waals surface area (Å²) in [7, 11) is 1.35. The van der Waals surface area contributed by atoms with Crippen molar-refractivity contribution in [2.24, 2.45) is 10.4 Å². The van der Waals surface area contributed by atoms with Gasteiger partial charge < -0.3 is 25.4 Å². The number of carbonyl (C=O) groups excluding carboxylic acids is 4. The molecule has 4 aromatic heterocycles. The Balaban J connectivity index is 0.994. The highest BCUT2D eigenvalue weighted by Gasteiger charge is 2.45. The first-order valence-corrected chi connectivity index (χ1v) is 23.5. The number of carbonyl (C=O) groups is 4. The number of nitrogens with one attached hydrogen (secondary N) is 2. The highest BCUT2D eigenvalue weighted by atomic mass is 32.1. The molecule has 3 amide bonds. The number of aryl methyl sites for hydroxylation is 3. The Kier molecular flexibility index (Phi) is 12.9. The van der Waals surface area contributed by atoms with Crippen LogP contribution < -0.4 is 10.6 Å². The van der Waals surface area contributed by atoms with E-state index in [4.69, 9.17) is 9.73 Å². The van der Waals surface area contributed by atoms with Gasteiger partial charge in [0.2, 0.25) is 11.8 Å². The van der Waals surface area contributed by atoms with Gasteiger partial charge in [-0.05, 0) is 68.4 Å². The molecule has 0 bridgehead atoms. The van der Waals surface area contributed by atoms with Crippen molar-refractivity contribution in [2.75, 3.05) is 13.7 Å². The number of nitrogens with zero attached hydrogens (tertiary/aromatic N) is 7. The number of thiophene rings is 1. The second-order valence-corrected chi connectivity index (χ2v) is 20.1. The van der Waals surface area contributed by atoms with E-state index >= 15 is 0 Å². The van der Waals surface area contributed by atoms with Crippen LogP contribution in [-0.2, 0) is 19.1 Å². The lowest BCUT2D eigenvalue weighted by Gasteiger charge is -2.35. The molecule has 6 aromatic rings. The van der Waals surface area contributed by atoms with Gasteiger partial charge in [0.05, 0.1) is 53.0 Å². The summed E-state index contributed by atoms with van der Waals surface area (Å²) in [4.78, 5) is 72.4. The third kappa shape index (κ3) is 9.06. The van der Waals surface area contributed by atoms with Crippen LogP contribution in [0.3, 0.4) is 0 Å². The van der Waals surface area contributed by atoms with Crippen LogP contribution in [0.1, 0.15) is 107 Å². The highest BCUT2D eigenvalue weighted by Crippen LogP contribution is 2.40. The number of hydrogen-bond donors (Lipinski definition) is 3. The fraction of sp³-hybridized carbons (Fsp3) is 0.367. The molecule has 66 heavy (non-hydrogen) atoms. The monoisotopic (exact) mass is 927 g/mol. The molecule has 6 heterocycles. The molecule has 3 N–H and O–H groups in total. The van der Waals surface area contributed by atoms with Gasteiger partial charge in [0.25, 0.3) is 5.91 Å². The van der Waals surface area contributed by atoms with E-state index in [-0.39, 0.29) is 36.9 Å². The number of aromatic nitrogens is 5. The lowest BCUT2D eigenvalue weighted by Crippen LogP contribution is -2.57. The molecule has 1 saturated heterocycles. The smallest absolute Gasteiger partial charge is 0.308 e. The van der Waals surface area contributed by atoms with Crippen molar-refractivity contribution in [3.8, 4) is 26.6 Å². The van der Waals surface area contributed by atoms with Crippen molar-refractivity contribution >= 4 is 52.1 Å². The second-order valence-electron chi connectivity index (χ2n) is 18.0. The number of thiazole rings is 1. The molecule has 17 heteroatoms. The summed E-state index contributed by atoms with van der Waals surface area (Å²) in [6.45, 7) is 15.3. The number of rotatable bonds is 11. The molecule has 0 saturated carbocycles. The molecule has 0 spiro atoms. The summed E-state index contributed by atoms with van der Waals surface area (Å²) in [5.74, 6) is -0.512. The maximum absolute atomic E-state index is 14.4. The Hall–Kier alpha value is -6.43. The van der Waals surface area contributed by atoms with Crippen LogP contribution >= 0.6 is 22.7 Å². The van der Waals surface area contributed by atoms with Crippen LogP contribution in [0.15, 0.2) is 77.5 Å². The third-order valence-electron chi connectivity index (χ3n) is 12.3. The minimum Gasteiger partial charge on any atom is -0.469 e. The molecule has 342 valence electrons. The first-order chi connectivity index (χ1) is 31.4. The molecule has 0 radical (unpaired) electrons. The second kappa shape index (κ2) is 18.5. The molecule has 0 unspecified atom stereocenters. The fourth-order valence-corrected chi connectivity index (χ4v) is 10.6. The van der Waals surface area contributed by atoms with Gasteiger partial charge in [0.1, 0.15) is 29.0 Å². The van der Waals surface area contributed by atoms with Gasteiger partial charge in [-0.25, -0.2) is 4.98 Å². The zero-order chi connectivity index (χ0) is 47.2. The van der Waals surface area contributed by atoms with Crippen molar-refractivity contribution < 1.29 is 29.0 Å². The summed E-state index contributed by atoms with van der Waals surface area (Å²) < 4.78 is 7.02. The predicted molar refractivity (Wildman–Crippen MR) is 254 cm³/mol. The first-order valence-electron chi connectivity index (χ1n) is 21.8. The van der Waals surface area contributed by atoms with Crippen LogP contribution in [0.2, 0.25) is 0 Å². The van der Waals surface area contributed by atoms with E-state index in [1.54, 1.807) is 34.9 Å². The standard InChI is InChI=1S/C49H53N9O6S2/c1-25-28(4)66-48-40(25)41(53-37(20-39(60)64-9)44-56-55-29(5)58(44)48)32-14-12-31(13-15-32)34-18-35(22-50-21-34)45(61)54-43(49(6,7)8)47(63)57-23-36(59)19-38(57)46(62)52-26(2)30-10-16-33(17-11-30)42-27(3)51-24-65-42/h10-18,21-22,24,26,36-38,43,59H,19-20,23H2,1-9H3,(H,52,62)(H,54,61)/t26-,36+,37-,38-,43+/m0/s1. The first kappa shape index (κ1) is 46.1. The topological polar surface area (TPSA) is 194 Å². The van der Waals surface area contributed by atoms with Crippen molar-refractivity contribution in [2.45, 2.75) is 98.5 Å². The Bertz CT molecular complexity index is 2860. The molecule has 0 aliphatic carbocycles. The van der Waals surface area contributed by atoms with E-state index in [0.717, 1.165) is 53.8 Å². The van der Waals surface area contributed by atoms with Gasteiger partial charge in [-0.3, -0.25) is 33.7 Å². The van der Waals surface area contributed by atoms with Crippen molar-refractivity contribution in [3.63, 3.8) is 0 Å². The summed E-state index contributed by atoms with van der Waals surface area (Å²) in [5, 5.41) is 26.5. The minimum absolute atomic E-state index is 0.00851. The van der Waals surface area contributed by atoms with Crippen LogP contribution in [0, 0.1) is 33.1 Å². The van der Waals surface area contributed by atoms with Crippen LogP contribution in [0.4, 0.5) is 0 Å². The number of β-amino-alcohol motifs (C(OH)–C–C–N with tert-alkyl or cyclic N) is 1. The van der Waals surface area contributed by atoms with Gasteiger partial charge in [-0.1, -0.05) is 69.3 Å². The number of methoxy groups -OCH3 is 1. The Morgan fingerprint density at radius 3 is 2.29 bits per heavy atom. The number of hydrogen-bond acceptors (Lipinski definition) is 13. The fourth-order valence-electron chi connectivity index (χ4n) is 8.54. The largest absolute Gasteiger partial charge is 0.469 e. The van der Waals surface area contributed by atoms with Gasteiger partial charge >= 0.3 is 5.97 Å². The van der Waals surface area contributed by atoms with Gasteiger partial charge in [-0.15, -0.1) is 32.9 Å². The number of pyridine rings is 1. The average molecular weight is 928 g/mol. The number of likely N-dealkylation sites (tertiary alicyclic amines) is 1. The number of esters is 1. The van der Waals surface area contributed by atoms with E-state index < -0.39 is 47.4 Å². The maximum Gasteiger partial charge on any atom is 0.308 e. The van der Waals surface area contributed by atoms with E-state index in [9.17, 15) is 24.3 Å². The number of fused-ring (bicyclic) bond motifs is 3. The van der Waals surface area contributed by atoms with E-state index in [1.807, 2.05) is 100 Å². The molecule has 2 aliphatic rings. The number of aliphatic hydroxyl groups excluding tert-OH is 1. The van der Waals surface area contributed by atoms with Gasteiger partial charge in [0.15, 0.2) is 5.82 Å². The van der Waals surface area contributed by atoms with Crippen LogP contribution in [0.25, 0.3) is 26.6 Å². The normalized spacial score (nSPS) is 17.8. The minimum atomic E-state index is -1.04. The number of amides is 3. The summed E-state index contributed by atoms with van der Waals surface area (Å²) >= 11 is 3.19. The van der Waals surface area contributed by atoms with Gasteiger partial charge in [-0.2, -0.15) is 0 Å². The summed E-state index contributed by atoms with van der Waals surface area (Å²) in [6.07, 6.45) is 2.27. The zero-order valence-electron chi connectivity index (χ0n) is 38.4. The molecule has 2 aliphatic heterocycles. The maximum atomic E-state index is 14.4. The molecule has 1 fully saturated rings. The molecular formula is C49H53N9O6S2. The van der Waals surface area contributed by atoms with E-state index in [1.165, 1.54) is 18.2 Å². The van der Waals surface area contributed by atoms with Gasteiger partial charge in [0, 0.05) is 46.9 Å². The lowest BCUT2D eigenvalue weighted by atomic mass is 9.85. The Morgan fingerprint density at radius 1 is 0.924 bits per heavy atom. The molecular weight excluding hydrogens is 875 g/mol. The quantitative estimate of drug-likeness (QED) is 0.112.